The van der Waals surface area contributed by atoms with E-state index in [4.69, 9.17) is 0 Å². The Morgan fingerprint density at radius 1 is 0.875 bits per heavy atom. The number of aromatic nitrogens is 3. The van der Waals surface area contributed by atoms with Crippen LogP contribution in [-0.4, -0.2) is 31.1 Å². The van der Waals surface area contributed by atoms with Gasteiger partial charge in [-0.15, -0.1) is 0 Å². The van der Waals surface area contributed by atoms with E-state index in [1.165, 1.54) is 16.7 Å². The second-order valence-electron chi connectivity index (χ2n) is 12.0. The molecule has 0 aliphatic carbocycles. The lowest BCUT2D eigenvalue weighted by Crippen LogP contribution is -2.53. The topological polar surface area (TPSA) is 88.6 Å². The molecule has 48 heavy (non-hydrogen) atoms. The lowest BCUT2D eigenvalue weighted by atomic mass is 9.76. The van der Waals surface area contributed by atoms with E-state index >= 15 is 0 Å². The number of nitrogens with one attached hydrogen (secondary N) is 1. The number of hydrogen-bond acceptors (Lipinski definition) is 4. The Morgan fingerprint density at radius 3 is 2.02 bits per heavy atom. The average molecular weight is 637 g/mol. The van der Waals surface area contributed by atoms with Crippen molar-refractivity contribution in [3.8, 4) is 11.1 Å². The standard InChI is InChI=1S/C40H33FN4O3/c1-26-33-24-30(41)18-21-35(33)44(2)38(46)36(26)32-20-19-31(45-23-22-42-37(32)45)25-34(39(47)48)43-40(27-12-6-3-7-13-27,28-14-8-4-9-15-28)29-16-10-5-11-17-29/h3-24,34,43H,25H2,1-2H3,(H,47,48). The molecular formula is C40H33FN4O3. The maximum absolute atomic E-state index is 14.3. The van der Waals surface area contributed by atoms with Crippen molar-refractivity contribution in [1.29, 1.82) is 0 Å². The molecule has 3 heterocycles. The number of nitrogens with zero attached hydrogens (tertiary/aromatic N) is 3. The molecule has 0 radical (unpaired) electrons. The van der Waals surface area contributed by atoms with Crippen LogP contribution < -0.4 is 10.9 Å². The molecule has 4 aromatic carbocycles. The lowest BCUT2D eigenvalue weighted by molar-refractivity contribution is -0.139. The molecule has 7 nitrogen and oxygen atoms in total. The van der Waals surface area contributed by atoms with Crippen LogP contribution in [-0.2, 0) is 23.8 Å². The highest BCUT2D eigenvalue weighted by Gasteiger charge is 2.40. The molecule has 3 aromatic heterocycles. The van der Waals surface area contributed by atoms with Crippen molar-refractivity contribution in [3.05, 3.63) is 178 Å². The Balaban J connectivity index is 1.36. The fourth-order valence-electron chi connectivity index (χ4n) is 6.91. The predicted octanol–water partition coefficient (Wildman–Crippen LogP) is 6.88. The number of carboxylic acid groups (broad SMARTS) is 1. The van der Waals surface area contributed by atoms with E-state index in [2.05, 4.69) is 10.3 Å². The first-order valence-electron chi connectivity index (χ1n) is 15.7. The van der Waals surface area contributed by atoms with Gasteiger partial charge in [0.1, 0.15) is 17.5 Å². The van der Waals surface area contributed by atoms with Gasteiger partial charge < -0.3 is 14.1 Å². The van der Waals surface area contributed by atoms with Crippen molar-refractivity contribution in [2.45, 2.75) is 24.9 Å². The molecule has 0 aliphatic heterocycles. The number of carbonyl (C=O) groups is 1. The van der Waals surface area contributed by atoms with E-state index in [1.54, 1.807) is 25.5 Å². The molecule has 0 saturated heterocycles. The van der Waals surface area contributed by atoms with Gasteiger partial charge >= 0.3 is 5.97 Å². The molecule has 0 aliphatic rings. The van der Waals surface area contributed by atoms with Gasteiger partial charge in [-0.25, -0.2) is 9.37 Å². The van der Waals surface area contributed by atoms with E-state index in [-0.39, 0.29) is 17.8 Å². The molecule has 7 aromatic rings. The van der Waals surface area contributed by atoms with Crippen LogP contribution in [0.2, 0.25) is 0 Å². The van der Waals surface area contributed by atoms with Crippen molar-refractivity contribution in [3.63, 3.8) is 0 Å². The summed E-state index contributed by atoms with van der Waals surface area (Å²) in [5.74, 6) is -1.40. The fraction of sp³-hybridized carbons (Fsp3) is 0.125. The van der Waals surface area contributed by atoms with Gasteiger partial charge in [-0.2, -0.15) is 0 Å². The molecule has 2 N–H and O–H groups in total. The predicted molar refractivity (Wildman–Crippen MR) is 186 cm³/mol. The molecule has 1 unspecified atom stereocenters. The second-order valence-corrected chi connectivity index (χ2v) is 12.0. The second kappa shape index (κ2) is 12.4. The molecule has 238 valence electrons. The quantitative estimate of drug-likeness (QED) is 0.169. The van der Waals surface area contributed by atoms with Crippen molar-refractivity contribution in [2.24, 2.45) is 7.05 Å². The Labute approximate surface area is 276 Å². The third-order valence-electron chi connectivity index (χ3n) is 9.24. The molecule has 8 heteroatoms. The fourth-order valence-corrected chi connectivity index (χ4v) is 6.91. The zero-order chi connectivity index (χ0) is 33.4. The number of benzene rings is 4. The maximum atomic E-state index is 14.3. The summed E-state index contributed by atoms with van der Waals surface area (Å²) in [6, 6.07) is 36.6. The van der Waals surface area contributed by atoms with Crippen molar-refractivity contribution < 1.29 is 14.3 Å². The molecule has 0 amide bonds. The van der Waals surface area contributed by atoms with E-state index in [1.807, 2.05) is 114 Å². The minimum atomic E-state index is -1.04. The van der Waals surface area contributed by atoms with Gasteiger partial charge in [0.25, 0.3) is 5.56 Å². The van der Waals surface area contributed by atoms with Crippen LogP contribution in [0.1, 0.15) is 27.9 Å². The Hall–Kier alpha value is -5.86. The van der Waals surface area contributed by atoms with Gasteiger partial charge in [0.05, 0.1) is 16.6 Å². The smallest absolute Gasteiger partial charge is 0.321 e. The summed E-state index contributed by atoms with van der Waals surface area (Å²) in [6.07, 6.45) is 3.51. The van der Waals surface area contributed by atoms with Gasteiger partial charge in [0.15, 0.2) is 0 Å². The first-order chi connectivity index (χ1) is 23.3. The number of aryl methyl sites for hydroxylation is 2. The molecule has 1 atom stereocenters. The van der Waals surface area contributed by atoms with Gasteiger partial charge in [0, 0.05) is 42.5 Å². The minimum Gasteiger partial charge on any atom is -0.480 e. The number of imidazole rings is 1. The van der Waals surface area contributed by atoms with E-state index in [0.717, 1.165) is 16.7 Å². The van der Waals surface area contributed by atoms with Gasteiger partial charge in [-0.1, -0.05) is 91.0 Å². The number of carboxylic acids is 1. The summed E-state index contributed by atoms with van der Waals surface area (Å²) in [5, 5.41) is 15.0. The van der Waals surface area contributed by atoms with Gasteiger partial charge in [-0.3, -0.25) is 14.9 Å². The third kappa shape index (κ3) is 5.16. The monoisotopic (exact) mass is 636 g/mol. The first kappa shape index (κ1) is 30.8. The highest BCUT2D eigenvalue weighted by molar-refractivity contribution is 5.91. The number of rotatable bonds is 9. The Morgan fingerprint density at radius 2 is 1.46 bits per heavy atom. The summed E-state index contributed by atoms with van der Waals surface area (Å²) in [4.78, 5) is 31.5. The summed E-state index contributed by atoms with van der Waals surface area (Å²) in [7, 11) is 1.67. The SMILES string of the molecule is Cc1c(-c2ccc(CC(NC(c3ccccc3)(c3ccccc3)c3ccccc3)C(=O)O)n3ccnc23)c(=O)n(C)c2ccc(F)cc12. The highest BCUT2D eigenvalue weighted by Crippen LogP contribution is 2.38. The minimum absolute atomic E-state index is 0.108. The summed E-state index contributed by atoms with van der Waals surface area (Å²) < 4.78 is 17.7. The Kier molecular flexibility index (Phi) is 7.94. The number of halogens is 1. The third-order valence-corrected chi connectivity index (χ3v) is 9.24. The molecule has 0 spiro atoms. The number of aliphatic carboxylic acids is 1. The van der Waals surface area contributed by atoms with Crippen molar-refractivity contribution in [1.82, 2.24) is 19.3 Å². The van der Waals surface area contributed by atoms with E-state index in [0.29, 0.717) is 38.9 Å². The van der Waals surface area contributed by atoms with Crippen molar-refractivity contribution in [2.75, 3.05) is 0 Å². The average Bonchev–Trinajstić information content (AvgIpc) is 3.62. The lowest BCUT2D eigenvalue weighted by Gasteiger charge is -2.39. The largest absolute Gasteiger partial charge is 0.480 e. The van der Waals surface area contributed by atoms with Crippen LogP contribution in [0.4, 0.5) is 4.39 Å². The molecule has 0 fully saturated rings. The highest BCUT2D eigenvalue weighted by atomic mass is 19.1. The summed E-state index contributed by atoms with van der Waals surface area (Å²) >= 11 is 0. The zero-order valence-electron chi connectivity index (χ0n) is 26.5. The van der Waals surface area contributed by atoms with Crippen molar-refractivity contribution >= 4 is 22.5 Å². The van der Waals surface area contributed by atoms with Crippen LogP contribution >= 0.6 is 0 Å². The first-order valence-corrected chi connectivity index (χ1v) is 15.7. The van der Waals surface area contributed by atoms with Gasteiger partial charge in [-0.05, 0) is 59.5 Å². The summed E-state index contributed by atoms with van der Waals surface area (Å²) in [5.41, 5.74) is 4.95. The van der Waals surface area contributed by atoms with E-state index < -0.39 is 17.6 Å². The molecular weight excluding hydrogens is 603 g/mol. The normalized spacial score (nSPS) is 12.4. The zero-order valence-corrected chi connectivity index (χ0v) is 26.5. The molecule has 7 rings (SSSR count). The molecule has 0 bridgehead atoms. The molecule has 0 saturated carbocycles. The number of fused-ring (bicyclic) bond motifs is 2. The van der Waals surface area contributed by atoms with E-state index in [9.17, 15) is 19.1 Å². The van der Waals surface area contributed by atoms with Crippen LogP contribution in [0, 0.1) is 12.7 Å². The number of pyridine rings is 2. The number of hydrogen-bond donors (Lipinski definition) is 2. The van der Waals surface area contributed by atoms with Crippen LogP contribution in [0.15, 0.2) is 139 Å². The van der Waals surface area contributed by atoms with Crippen LogP contribution in [0.5, 0.6) is 0 Å². The van der Waals surface area contributed by atoms with Crippen LogP contribution in [0.25, 0.3) is 27.7 Å². The Bertz CT molecular complexity index is 2240. The maximum Gasteiger partial charge on any atom is 0.321 e. The summed E-state index contributed by atoms with van der Waals surface area (Å²) in [6.45, 7) is 1.81. The van der Waals surface area contributed by atoms with Crippen LogP contribution in [0.3, 0.4) is 0 Å². The van der Waals surface area contributed by atoms with Gasteiger partial charge in [0.2, 0.25) is 0 Å².